The fourth-order valence-electron chi connectivity index (χ4n) is 4.42. The molecule has 0 spiro atoms. The van der Waals surface area contributed by atoms with Crippen molar-refractivity contribution in [1.29, 1.82) is 0 Å². The molecule has 152 valence electrons. The molecule has 3 aromatic rings. The molecule has 29 heavy (non-hydrogen) atoms. The number of fused-ring (bicyclic) bond motifs is 1. The minimum atomic E-state index is 0.211. The molecule has 0 aliphatic carbocycles. The van der Waals surface area contributed by atoms with Gasteiger partial charge in [0.05, 0.1) is 20.3 Å². The molecule has 1 aliphatic heterocycles. The Morgan fingerprint density at radius 3 is 2.55 bits per heavy atom. The molecule has 1 aromatic heterocycles. The van der Waals surface area contributed by atoms with Crippen LogP contribution in [0.2, 0.25) is 0 Å². The largest absolute Gasteiger partial charge is 0.493 e. The molecule has 0 amide bonds. The Hall–Kier alpha value is -2.72. The zero-order valence-electron chi connectivity index (χ0n) is 17.8. The minimum absolute atomic E-state index is 0.211. The van der Waals surface area contributed by atoms with Crippen LogP contribution in [0.5, 0.6) is 11.5 Å². The topological polar surface area (TPSA) is 26.6 Å². The first-order valence-electron chi connectivity index (χ1n) is 10.3. The van der Waals surface area contributed by atoms with E-state index in [-0.39, 0.29) is 6.04 Å². The second-order valence-electron chi connectivity index (χ2n) is 7.85. The Bertz CT molecular complexity index is 992. The van der Waals surface area contributed by atoms with Gasteiger partial charge in [0.1, 0.15) is 0 Å². The van der Waals surface area contributed by atoms with Gasteiger partial charge in [0.25, 0.3) is 0 Å². The number of rotatable bonds is 5. The lowest BCUT2D eigenvalue weighted by Gasteiger charge is -2.31. The highest BCUT2D eigenvalue weighted by Gasteiger charge is 2.28. The van der Waals surface area contributed by atoms with E-state index >= 15 is 0 Å². The summed E-state index contributed by atoms with van der Waals surface area (Å²) in [7, 11) is 3.41. The van der Waals surface area contributed by atoms with Crippen LogP contribution in [0.1, 0.15) is 40.4 Å². The van der Waals surface area contributed by atoms with Crippen LogP contribution >= 0.6 is 0 Å². The molecule has 2 aromatic carbocycles. The number of ether oxygens (including phenoxy) is 2. The number of hydrogen-bond donors (Lipinski definition) is 0. The number of methoxy groups -OCH3 is 2. The van der Waals surface area contributed by atoms with E-state index in [4.69, 9.17) is 9.47 Å². The molecular formula is C25H30N2O2. The van der Waals surface area contributed by atoms with Crippen molar-refractivity contribution in [2.75, 3.05) is 20.8 Å². The van der Waals surface area contributed by atoms with E-state index in [1.54, 1.807) is 14.2 Å². The fourth-order valence-corrected chi connectivity index (χ4v) is 4.42. The van der Waals surface area contributed by atoms with Crippen LogP contribution in [0.3, 0.4) is 0 Å². The zero-order chi connectivity index (χ0) is 20.4. The lowest BCUT2D eigenvalue weighted by atomic mass is 9.97. The normalized spacial score (nSPS) is 16.9. The van der Waals surface area contributed by atoms with E-state index in [2.05, 4.69) is 65.9 Å². The lowest BCUT2D eigenvalue weighted by molar-refractivity contribution is 0.216. The van der Waals surface area contributed by atoms with E-state index in [1.807, 2.05) is 12.1 Å². The number of hydrogen-bond acceptors (Lipinski definition) is 3. The monoisotopic (exact) mass is 390 g/mol. The van der Waals surface area contributed by atoms with E-state index in [0.29, 0.717) is 0 Å². The van der Waals surface area contributed by atoms with Crippen LogP contribution in [0.25, 0.3) is 0 Å². The molecule has 4 rings (SSSR count). The van der Waals surface area contributed by atoms with Crippen LogP contribution in [0.15, 0.2) is 54.7 Å². The van der Waals surface area contributed by atoms with Crippen molar-refractivity contribution in [3.05, 3.63) is 82.7 Å². The lowest BCUT2D eigenvalue weighted by Crippen LogP contribution is -2.29. The van der Waals surface area contributed by atoms with Crippen molar-refractivity contribution < 1.29 is 9.47 Å². The maximum absolute atomic E-state index is 5.71. The van der Waals surface area contributed by atoms with Gasteiger partial charge in [0.2, 0.25) is 0 Å². The Morgan fingerprint density at radius 2 is 1.79 bits per heavy atom. The average Bonchev–Trinajstić information content (AvgIpc) is 3.11. The summed E-state index contributed by atoms with van der Waals surface area (Å²) in [4.78, 5) is 2.57. The molecule has 1 atom stereocenters. The summed E-state index contributed by atoms with van der Waals surface area (Å²) in [6, 6.07) is 17.7. The highest BCUT2D eigenvalue weighted by molar-refractivity contribution is 5.47. The minimum Gasteiger partial charge on any atom is -0.493 e. The molecule has 0 bridgehead atoms. The predicted octanol–water partition coefficient (Wildman–Crippen LogP) is 5.12. The highest BCUT2D eigenvalue weighted by Crippen LogP contribution is 2.37. The third kappa shape index (κ3) is 3.77. The van der Waals surface area contributed by atoms with Gasteiger partial charge >= 0.3 is 0 Å². The van der Waals surface area contributed by atoms with Crippen LogP contribution in [0, 0.1) is 13.8 Å². The smallest absolute Gasteiger partial charge is 0.165 e. The van der Waals surface area contributed by atoms with Gasteiger partial charge in [-0.1, -0.05) is 30.3 Å². The van der Waals surface area contributed by atoms with Gasteiger partial charge < -0.3 is 14.0 Å². The molecule has 0 fully saturated rings. The average molecular weight is 391 g/mol. The molecule has 0 radical (unpaired) electrons. The van der Waals surface area contributed by atoms with Gasteiger partial charge in [-0.3, -0.25) is 4.90 Å². The standard InChI is InChI=1S/C25H30N2O2/c1-18-11-12-20(16-19(18)2)24-22-9-6-13-26(22)14-7-15-27(24)17-21-8-5-10-23(28-3)25(21)29-4/h5-6,8-13,16,24H,7,14-15,17H2,1-4H3/t24-/m1/s1. The Balaban J connectivity index is 1.77. The molecule has 2 heterocycles. The number of nitrogens with zero attached hydrogens (tertiary/aromatic N) is 2. The van der Waals surface area contributed by atoms with Crippen molar-refractivity contribution >= 4 is 0 Å². The number of benzene rings is 2. The summed E-state index contributed by atoms with van der Waals surface area (Å²) in [5, 5.41) is 0. The summed E-state index contributed by atoms with van der Waals surface area (Å²) in [6.45, 7) is 7.26. The van der Waals surface area contributed by atoms with Crippen molar-refractivity contribution in [2.24, 2.45) is 0 Å². The quantitative estimate of drug-likeness (QED) is 0.605. The second-order valence-corrected chi connectivity index (χ2v) is 7.85. The summed E-state index contributed by atoms with van der Waals surface area (Å²) in [5.74, 6) is 1.61. The van der Waals surface area contributed by atoms with Crippen molar-refractivity contribution in [2.45, 2.75) is 39.4 Å². The number of aryl methyl sites for hydroxylation is 3. The van der Waals surface area contributed by atoms with Crippen LogP contribution < -0.4 is 9.47 Å². The molecule has 0 saturated carbocycles. The summed E-state index contributed by atoms with van der Waals surface area (Å²) in [6.07, 6.45) is 3.33. The van der Waals surface area contributed by atoms with Gasteiger partial charge in [-0.2, -0.15) is 0 Å². The van der Waals surface area contributed by atoms with Gasteiger partial charge in [0, 0.05) is 37.1 Å². The van der Waals surface area contributed by atoms with Crippen LogP contribution in [0.4, 0.5) is 0 Å². The van der Waals surface area contributed by atoms with Gasteiger partial charge in [0.15, 0.2) is 11.5 Å². The van der Waals surface area contributed by atoms with E-state index in [1.165, 1.54) is 22.4 Å². The summed E-state index contributed by atoms with van der Waals surface area (Å²) < 4.78 is 13.6. The summed E-state index contributed by atoms with van der Waals surface area (Å²) >= 11 is 0. The Morgan fingerprint density at radius 1 is 0.931 bits per heavy atom. The molecule has 1 aliphatic rings. The zero-order valence-corrected chi connectivity index (χ0v) is 17.8. The van der Waals surface area contributed by atoms with Gasteiger partial charge in [-0.05, 0) is 55.2 Å². The van der Waals surface area contributed by atoms with Crippen LogP contribution in [-0.2, 0) is 13.1 Å². The SMILES string of the molecule is COc1cccc(CN2CCCn3cccc3[C@H]2c2ccc(C)c(C)c2)c1OC. The van der Waals surface area contributed by atoms with Crippen molar-refractivity contribution in [3.8, 4) is 11.5 Å². The maximum Gasteiger partial charge on any atom is 0.165 e. The second kappa shape index (κ2) is 8.34. The third-order valence-corrected chi connectivity index (χ3v) is 6.06. The first-order valence-corrected chi connectivity index (χ1v) is 10.3. The summed E-state index contributed by atoms with van der Waals surface area (Å²) in [5.41, 5.74) is 6.52. The fraction of sp³-hybridized carbons (Fsp3) is 0.360. The predicted molar refractivity (Wildman–Crippen MR) is 117 cm³/mol. The molecule has 4 heteroatoms. The molecule has 0 N–H and O–H groups in total. The molecule has 4 nitrogen and oxygen atoms in total. The van der Waals surface area contributed by atoms with Crippen LogP contribution in [-0.4, -0.2) is 30.2 Å². The molecule has 0 unspecified atom stereocenters. The number of para-hydroxylation sites is 1. The van der Waals surface area contributed by atoms with E-state index in [9.17, 15) is 0 Å². The van der Waals surface area contributed by atoms with Crippen molar-refractivity contribution in [3.63, 3.8) is 0 Å². The van der Waals surface area contributed by atoms with Crippen molar-refractivity contribution in [1.82, 2.24) is 9.47 Å². The third-order valence-electron chi connectivity index (χ3n) is 6.06. The first kappa shape index (κ1) is 19.6. The maximum atomic E-state index is 5.71. The number of aromatic nitrogens is 1. The molecular weight excluding hydrogens is 360 g/mol. The van der Waals surface area contributed by atoms with Gasteiger partial charge in [-0.15, -0.1) is 0 Å². The first-order chi connectivity index (χ1) is 14.1. The molecule has 0 saturated heterocycles. The van der Waals surface area contributed by atoms with E-state index in [0.717, 1.165) is 43.1 Å². The van der Waals surface area contributed by atoms with Gasteiger partial charge in [-0.25, -0.2) is 0 Å². The Labute approximate surface area is 173 Å². The Kier molecular flexibility index (Phi) is 5.63. The van der Waals surface area contributed by atoms with E-state index < -0.39 is 0 Å². The highest BCUT2D eigenvalue weighted by atomic mass is 16.5.